The Morgan fingerprint density at radius 2 is 1.76 bits per heavy atom. The number of para-hydroxylation sites is 1. The molecule has 0 saturated carbocycles. The van der Waals surface area contributed by atoms with Gasteiger partial charge in [-0.3, -0.25) is 4.31 Å². The summed E-state index contributed by atoms with van der Waals surface area (Å²) < 4.78 is 37.5. The predicted octanol–water partition coefficient (Wildman–Crippen LogP) is 4.57. The fourth-order valence-electron chi connectivity index (χ4n) is 2.99. The third kappa shape index (κ3) is 4.89. The SMILES string of the molecule is CN(c1ccccc1)S(=O)(=O)c1cccc(C(=O)OCc2noc(-c3ccccc3Cl)n2)c1. The van der Waals surface area contributed by atoms with Crippen molar-refractivity contribution in [3.63, 3.8) is 0 Å². The summed E-state index contributed by atoms with van der Waals surface area (Å²) in [6.45, 7) is -0.256. The summed E-state index contributed by atoms with van der Waals surface area (Å²) in [6, 6.07) is 21.2. The van der Waals surface area contributed by atoms with Crippen molar-refractivity contribution in [3.05, 3.63) is 95.3 Å². The first-order chi connectivity index (χ1) is 15.9. The maximum absolute atomic E-state index is 13.0. The molecule has 0 saturated heterocycles. The molecule has 4 rings (SSSR count). The molecule has 3 aromatic carbocycles. The van der Waals surface area contributed by atoms with Gasteiger partial charge >= 0.3 is 5.97 Å². The predicted molar refractivity (Wildman–Crippen MR) is 122 cm³/mol. The van der Waals surface area contributed by atoms with E-state index < -0.39 is 16.0 Å². The normalized spacial score (nSPS) is 11.2. The van der Waals surface area contributed by atoms with Gasteiger partial charge in [0.15, 0.2) is 6.61 Å². The smallest absolute Gasteiger partial charge is 0.338 e. The van der Waals surface area contributed by atoms with E-state index in [1.165, 1.54) is 31.3 Å². The molecular formula is C23H18ClN3O5S. The second-order valence-corrected chi connectivity index (χ2v) is 9.28. The van der Waals surface area contributed by atoms with Crippen LogP contribution in [0.25, 0.3) is 11.5 Å². The van der Waals surface area contributed by atoms with E-state index in [0.717, 1.165) is 4.31 Å². The van der Waals surface area contributed by atoms with E-state index in [4.69, 9.17) is 20.9 Å². The molecule has 33 heavy (non-hydrogen) atoms. The highest BCUT2D eigenvalue weighted by Gasteiger charge is 2.23. The Morgan fingerprint density at radius 3 is 2.52 bits per heavy atom. The summed E-state index contributed by atoms with van der Waals surface area (Å²) in [4.78, 5) is 16.7. The maximum Gasteiger partial charge on any atom is 0.338 e. The van der Waals surface area contributed by atoms with Crippen LogP contribution in [0.3, 0.4) is 0 Å². The summed E-state index contributed by atoms with van der Waals surface area (Å²) in [7, 11) is -2.43. The molecule has 8 nitrogen and oxygen atoms in total. The molecule has 0 N–H and O–H groups in total. The molecule has 0 fully saturated rings. The molecule has 1 aromatic heterocycles. The fourth-order valence-corrected chi connectivity index (χ4v) is 4.45. The number of sulfonamides is 1. The van der Waals surface area contributed by atoms with Gasteiger partial charge in [-0.2, -0.15) is 4.98 Å². The Hall–Kier alpha value is -3.69. The van der Waals surface area contributed by atoms with E-state index in [-0.39, 0.29) is 28.8 Å². The van der Waals surface area contributed by atoms with Gasteiger partial charge in [0.05, 0.1) is 26.7 Å². The highest BCUT2D eigenvalue weighted by molar-refractivity contribution is 7.92. The molecule has 0 amide bonds. The molecule has 0 aliphatic rings. The Kier molecular flexibility index (Phi) is 6.43. The third-order valence-electron chi connectivity index (χ3n) is 4.75. The summed E-state index contributed by atoms with van der Waals surface area (Å²) in [5.41, 5.74) is 1.13. The number of carbonyl (C=O) groups is 1. The van der Waals surface area contributed by atoms with Crippen LogP contribution in [0.4, 0.5) is 5.69 Å². The van der Waals surface area contributed by atoms with Gasteiger partial charge in [-0.15, -0.1) is 0 Å². The topological polar surface area (TPSA) is 103 Å². The van der Waals surface area contributed by atoms with Gasteiger partial charge in [-0.1, -0.05) is 53.2 Å². The van der Waals surface area contributed by atoms with E-state index in [0.29, 0.717) is 16.3 Å². The Morgan fingerprint density at radius 1 is 1.03 bits per heavy atom. The number of hydrogen-bond donors (Lipinski definition) is 0. The minimum atomic E-state index is -3.87. The van der Waals surface area contributed by atoms with Crippen molar-refractivity contribution in [3.8, 4) is 11.5 Å². The highest BCUT2D eigenvalue weighted by Crippen LogP contribution is 2.26. The molecule has 0 spiro atoms. The van der Waals surface area contributed by atoms with Crippen molar-refractivity contribution >= 4 is 33.3 Å². The van der Waals surface area contributed by atoms with E-state index in [9.17, 15) is 13.2 Å². The van der Waals surface area contributed by atoms with Crippen molar-refractivity contribution in [1.29, 1.82) is 0 Å². The van der Waals surface area contributed by atoms with Crippen molar-refractivity contribution in [2.24, 2.45) is 0 Å². The number of hydrogen-bond acceptors (Lipinski definition) is 7. The number of halogens is 1. The molecule has 0 radical (unpaired) electrons. The number of esters is 1. The van der Waals surface area contributed by atoms with Gasteiger partial charge in [0.1, 0.15) is 0 Å². The van der Waals surface area contributed by atoms with Gasteiger partial charge < -0.3 is 9.26 Å². The van der Waals surface area contributed by atoms with Gasteiger partial charge in [0.25, 0.3) is 15.9 Å². The molecule has 0 atom stereocenters. The lowest BCUT2D eigenvalue weighted by Crippen LogP contribution is -2.26. The van der Waals surface area contributed by atoms with E-state index >= 15 is 0 Å². The molecule has 4 aromatic rings. The van der Waals surface area contributed by atoms with Crippen LogP contribution in [0.5, 0.6) is 0 Å². The van der Waals surface area contributed by atoms with Crippen LogP contribution < -0.4 is 4.31 Å². The zero-order chi connectivity index (χ0) is 23.4. The van der Waals surface area contributed by atoms with Crippen LogP contribution in [-0.4, -0.2) is 31.6 Å². The molecule has 0 bridgehead atoms. The van der Waals surface area contributed by atoms with Crippen molar-refractivity contribution in [2.75, 3.05) is 11.4 Å². The number of aromatic nitrogens is 2. The van der Waals surface area contributed by atoms with Crippen LogP contribution in [0, 0.1) is 0 Å². The van der Waals surface area contributed by atoms with Crippen LogP contribution >= 0.6 is 11.6 Å². The number of rotatable bonds is 7. The van der Waals surface area contributed by atoms with Crippen LogP contribution in [-0.2, 0) is 21.4 Å². The lowest BCUT2D eigenvalue weighted by molar-refractivity contribution is 0.0459. The lowest BCUT2D eigenvalue weighted by atomic mass is 10.2. The molecular weight excluding hydrogens is 466 g/mol. The number of ether oxygens (including phenoxy) is 1. The monoisotopic (exact) mass is 483 g/mol. The molecule has 168 valence electrons. The average Bonchev–Trinajstić information content (AvgIpc) is 3.31. The van der Waals surface area contributed by atoms with Crippen LogP contribution in [0.2, 0.25) is 5.02 Å². The Balaban J connectivity index is 1.47. The lowest BCUT2D eigenvalue weighted by Gasteiger charge is -2.19. The van der Waals surface area contributed by atoms with Gasteiger partial charge in [-0.25, -0.2) is 13.2 Å². The molecule has 0 aliphatic carbocycles. The first kappa shape index (κ1) is 22.5. The third-order valence-corrected chi connectivity index (χ3v) is 6.86. The molecule has 10 heteroatoms. The second-order valence-electron chi connectivity index (χ2n) is 6.91. The molecule has 0 aliphatic heterocycles. The van der Waals surface area contributed by atoms with Crippen molar-refractivity contribution in [2.45, 2.75) is 11.5 Å². The van der Waals surface area contributed by atoms with Crippen molar-refractivity contribution < 1.29 is 22.5 Å². The maximum atomic E-state index is 13.0. The summed E-state index contributed by atoms with van der Waals surface area (Å²) in [5.74, 6) is -0.381. The average molecular weight is 484 g/mol. The minimum Gasteiger partial charge on any atom is -0.454 e. The Labute approximate surface area is 195 Å². The standard InChI is InChI=1S/C23H18ClN3O5S/c1-27(17-9-3-2-4-10-17)33(29,30)18-11-7-8-16(14-18)23(28)31-15-21-25-22(32-26-21)19-12-5-6-13-20(19)24/h2-14H,15H2,1H3. The number of nitrogens with zero attached hydrogens (tertiary/aromatic N) is 3. The zero-order valence-corrected chi connectivity index (χ0v) is 19.0. The first-order valence-electron chi connectivity index (χ1n) is 9.75. The van der Waals surface area contributed by atoms with Gasteiger partial charge in [0.2, 0.25) is 5.82 Å². The number of benzene rings is 3. The van der Waals surface area contributed by atoms with E-state index in [2.05, 4.69) is 10.1 Å². The Bertz CT molecular complexity index is 1390. The van der Waals surface area contributed by atoms with Crippen molar-refractivity contribution in [1.82, 2.24) is 10.1 Å². The quantitative estimate of drug-likeness (QED) is 0.354. The number of carbonyl (C=O) groups excluding carboxylic acids is 1. The number of anilines is 1. The minimum absolute atomic E-state index is 0.0381. The summed E-state index contributed by atoms with van der Waals surface area (Å²) in [5, 5.41) is 4.24. The zero-order valence-electron chi connectivity index (χ0n) is 17.4. The van der Waals surface area contributed by atoms with E-state index in [1.54, 1.807) is 54.6 Å². The first-order valence-corrected chi connectivity index (χ1v) is 11.6. The molecule has 0 unspecified atom stereocenters. The van der Waals surface area contributed by atoms with E-state index in [1.807, 2.05) is 0 Å². The fraction of sp³-hybridized carbons (Fsp3) is 0.0870. The van der Waals surface area contributed by atoms with Gasteiger partial charge in [-0.05, 0) is 42.5 Å². The van der Waals surface area contributed by atoms with Crippen LogP contribution in [0.15, 0.2) is 88.3 Å². The van der Waals surface area contributed by atoms with Gasteiger partial charge in [0, 0.05) is 7.05 Å². The highest BCUT2D eigenvalue weighted by atomic mass is 35.5. The second kappa shape index (κ2) is 9.43. The summed E-state index contributed by atoms with van der Waals surface area (Å²) >= 11 is 6.12. The summed E-state index contributed by atoms with van der Waals surface area (Å²) in [6.07, 6.45) is 0. The van der Waals surface area contributed by atoms with Crippen LogP contribution in [0.1, 0.15) is 16.2 Å². The largest absolute Gasteiger partial charge is 0.454 e. The molecule has 1 heterocycles.